The molecule has 0 fully saturated rings. The van der Waals surface area contributed by atoms with Gasteiger partial charge in [0.2, 0.25) is 0 Å². The zero-order valence-electron chi connectivity index (χ0n) is 9.74. The highest BCUT2D eigenvalue weighted by molar-refractivity contribution is 5.77. The second-order valence-electron chi connectivity index (χ2n) is 4.29. The number of aromatic nitrogens is 2. The molecule has 2 N–H and O–H groups in total. The molecule has 1 aromatic heterocycles. The molecule has 0 aliphatic rings. The number of H-pyrrole nitrogens is 1. The molecule has 1 heterocycles. The number of nitrogens with zero attached hydrogens (tertiary/aromatic N) is 1. The lowest BCUT2D eigenvalue weighted by Gasteiger charge is -2.10. The molecule has 0 spiro atoms. The van der Waals surface area contributed by atoms with E-state index in [1.54, 1.807) is 4.57 Å². The maximum Gasteiger partial charge on any atom is 0.326 e. The van der Waals surface area contributed by atoms with E-state index in [2.05, 4.69) is 4.98 Å². The van der Waals surface area contributed by atoms with Crippen LogP contribution < -0.4 is 5.69 Å². The van der Waals surface area contributed by atoms with Crippen molar-refractivity contribution < 1.29 is 5.11 Å². The first kappa shape index (κ1) is 11.0. The first-order valence-electron chi connectivity index (χ1n) is 5.37. The van der Waals surface area contributed by atoms with E-state index in [1.165, 1.54) is 0 Å². The maximum atomic E-state index is 11.8. The van der Waals surface area contributed by atoms with Crippen LogP contribution in [-0.4, -0.2) is 21.3 Å². The molecule has 4 heteroatoms. The lowest BCUT2D eigenvalue weighted by molar-refractivity contribution is 0.239. The van der Waals surface area contributed by atoms with E-state index in [1.807, 2.05) is 32.9 Å². The van der Waals surface area contributed by atoms with Gasteiger partial charge in [0.1, 0.15) is 0 Å². The number of imidazole rings is 1. The molecule has 1 atom stereocenters. The summed E-state index contributed by atoms with van der Waals surface area (Å²) in [5.41, 5.74) is 3.81. The maximum absolute atomic E-state index is 11.8. The van der Waals surface area contributed by atoms with E-state index in [-0.39, 0.29) is 18.3 Å². The summed E-state index contributed by atoms with van der Waals surface area (Å²) in [4.78, 5) is 14.6. The number of benzene rings is 1. The molecule has 0 saturated carbocycles. The van der Waals surface area contributed by atoms with Gasteiger partial charge in [-0.2, -0.15) is 0 Å². The summed E-state index contributed by atoms with van der Waals surface area (Å²) in [6.07, 6.45) is 0. The third-order valence-electron chi connectivity index (χ3n) is 3.04. The highest BCUT2D eigenvalue weighted by Gasteiger charge is 2.12. The van der Waals surface area contributed by atoms with E-state index in [4.69, 9.17) is 5.11 Å². The van der Waals surface area contributed by atoms with Crippen molar-refractivity contribution in [1.29, 1.82) is 0 Å². The molecular formula is C12H16N2O2. The Morgan fingerprint density at radius 2 is 2.00 bits per heavy atom. The molecule has 1 aromatic carbocycles. The predicted octanol–water partition coefficient (Wildman–Crippen LogP) is 1.50. The molecule has 2 aromatic rings. The summed E-state index contributed by atoms with van der Waals surface area (Å²) in [6, 6.07) is 3.74. The molecule has 0 aliphatic carbocycles. The number of hydrogen-bond acceptors (Lipinski definition) is 2. The summed E-state index contributed by atoms with van der Waals surface area (Å²) in [5, 5.41) is 9.14. The fraction of sp³-hybridized carbons (Fsp3) is 0.417. The minimum absolute atomic E-state index is 0.0419. The van der Waals surface area contributed by atoms with Crippen LogP contribution in [0.2, 0.25) is 0 Å². The fourth-order valence-electron chi connectivity index (χ4n) is 1.90. The summed E-state index contributed by atoms with van der Waals surface area (Å²) < 4.78 is 1.60. The number of aryl methyl sites for hydroxylation is 2. The highest BCUT2D eigenvalue weighted by atomic mass is 16.3. The second kappa shape index (κ2) is 3.79. The summed E-state index contributed by atoms with van der Waals surface area (Å²) in [6.45, 7) is 5.81. The smallest absolute Gasteiger partial charge is 0.326 e. The summed E-state index contributed by atoms with van der Waals surface area (Å²) in [7, 11) is 0. The number of aromatic amines is 1. The van der Waals surface area contributed by atoms with E-state index >= 15 is 0 Å². The van der Waals surface area contributed by atoms with Gasteiger partial charge >= 0.3 is 5.69 Å². The number of fused-ring (bicyclic) bond motifs is 1. The Morgan fingerprint density at radius 1 is 1.38 bits per heavy atom. The Labute approximate surface area is 93.5 Å². The van der Waals surface area contributed by atoms with Crippen LogP contribution in [0.4, 0.5) is 0 Å². The van der Waals surface area contributed by atoms with Gasteiger partial charge in [-0.1, -0.05) is 0 Å². The van der Waals surface area contributed by atoms with Crippen molar-refractivity contribution in [2.45, 2.75) is 26.8 Å². The third kappa shape index (κ3) is 1.55. The number of rotatable bonds is 2. The van der Waals surface area contributed by atoms with Crippen molar-refractivity contribution in [2.75, 3.05) is 6.61 Å². The van der Waals surface area contributed by atoms with Crippen LogP contribution in [0.15, 0.2) is 16.9 Å². The zero-order valence-corrected chi connectivity index (χ0v) is 9.74. The Hall–Kier alpha value is -1.55. The number of aliphatic hydroxyl groups excluding tert-OH is 1. The fourth-order valence-corrected chi connectivity index (χ4v) is 1.90. The van der Waals surface area contributed by atoms with Crippen LogP contribution in [0.5, 0.6) is 0 Å². The first-order valence-corrected chi connectivity index (χ1v) is 5.37. The van der Waals surface area contributed by atoms with Gasteiger partial charge in [0.05, 0.1) is 23.7 Å². The molecule has 2 rings (SSSR count). The van der Waals surface area contributed by atoms with Crippen molar-refractivity contribution in [3.63, 3.8) is 0 Å². The quantitative estimate of drug-likeness (QED) is 0.805. The predicted molar refractivity (Wildman–Crippen MR) is 63.8 cm³/mol. The normalized spacial score (nSPS) is 13.2. The van der Waals surface area contributed by atoms with E-state index in [9.17, 15) is 4.79 Å². The van der Waals surface area contributed by atoms with Crippen LogP contribution in [0.25, 0.3) is 11.0 Å². The standard InChI is InChI=1S/C12H16N2O2/c1-7-4-10-11(5-8(7)2)14(9(3)6-15)12(16)13-10/h4-5,9,15H,6H2,1-3H3,(H,13,16). The third-order valence-corrected chi connectivity index (χ3v) is 3.04. The minimum Gasteiger partial charge on any atom is -0.394 e. The van der Waals surface area contributed by atoms with Gasteiger partial charge in [-0.05, 0) is 44.0 Å². The average molecular weight is 220 g/mol. The minimum atomic E-state index is -0.205. The Kier molecular flexibility index (Phi) is 2.59. The van der Waals surface area contributed by atoms with Crippen LogP contribution in [-0.2, 0) is 0 Å². The van der Waals surface area contributed by atoms with Crippen LogP contribution in [0.1, 0.15) is 24.1 Å². The molecule has 0 saturated heterocycles. The average Bonchev–Trinajstić information content (AvgIpc) is 2.54. The second-order valence-corrected chi connectivity index (χ2v) is 4.29. The van der Waals surface area contributed by atoms with Gasteiger partial charge in [0.25, 0.3) is 0 Å². The van der Waals surface area contributed by atoms with Crippen molar-refractivity contribution in [1.82, 2.24) is 9.55 Å². The van der Waals surface area contributed by atoms with Gasteiger partial charge in [-0.3, -0.25) is 4.57 Å². The van der Waals surface area contributed by atoms with Gasteiger partial charge in [0, 0.05) is 0 Å². The van der Waals surface area contributed by atoms with Crippen LogP contribution in [0.3, 0.4) is 0 Å². The van der Waals surface area contributed by atoms with Gasteiger partial charge < -0.3 is 10.1 Å². The van der Waals surface area contributed by atoms with E-state index in [0.29, 0.717) is 0 Å². The first-order chi connectivity index (χ1) is 7.54. The van der Waals surface area contributed by atoms with Gasteiger partial charge in [0.15, 0.2) is 0 Å². The molecule has 0 radical (unpaired) electrons. The molecule has 0 amide bonds. The lowest BCUT2D eigenvalue weighted by Crippen LogP contribution is -2.22. The monoisotopic (exact) mass is 220 g/mol. The Morgan fingerprint density at radius 3 is 2.62 bits per heavy atom. The summed E-state index contributed by atoms with van der Waals surface area (Å²) in [5.74, 6) is 0. The van der Waals surface area contributed by atoms with E-state index < -0.39 is 0 Å². The van der Waals surface area contributed by atoms with Crippen molar-refractivity contribution >= 4 is 11.0 Å². The van der Waals surface area contributed by atoms with Crippen LogP contribution in [0, 0.1) is 13.8 Å². The molecule has 0 aliphatic heterocycles. The number of aliphatic hydroxyl groups is 1. The summed E-state index contributed by atoms with van der Waals surface area (Å²) >= 11 is 0. The largest absolute Gasteiger partial charge is 0.394 e. The van der Waals surface area contributed by atoms with Crippen molar-refractivity contribution in [2.24, 2.45) is 0 Å². The number of nitrogens with one attached hydrogen (secondary N) is 1. The SMILES string of the molecule is Cc1cc2[nH]c(=O)n(C(C)CO)c2cc1C. The molecule has 16 heavy (non-hydrogen) atoms. The van der Waals surface area contributed by atoms with Crippen molar-refractivity contribution in [3.8, 4) is 0 Å². The van der Waals surface area contributed by atoms with Crippen LogP contribution >= 0.6 is 0 Å². The molecule has 4 nitrogen and oxygen atoms in total. The lowest BCUT2D eigenvalue weighted by atomic mass is 10.1. The van der Waals surface area contributed by atoms with Gasteiger partial charge in [-0.15, -0.1) is 0 Å². The van der Waals surface area contributed by atoms with Gasteiger partial charge in [-0.25, -0.2) is 4.79 Å². The Bertz CT molecular complexity index is 580. The molecule has 86 valence electrons. The molecule has 1 unspecified atom stereocenters. The Balaban J connectivity index is 2.79. The number of hydrogen-bond donors (Lipinski definition) is 2. The molecule has 0 bridgehead atoms. The van der Waals surface area contributed by atoms with Crippen molar-refractivity contribution in [3.05, 3.63) is 33.7 Å². The topological polar surface area (TPSA) is 58.0 Å². The molecular weight excluding hydrogens is 204 g/mol. The highest BCUT2D eigenvalue weighted by Crippen LogP contribution is 2.19. The van der Waals surface area contributed by atoms with E-state index in [0.717, 1.165) is 22.2 Å². The zero-order chi connectivity index (χ0) is 11.9.